The summed E-state index contributed by atoms with van der Waals surface area (Å²) in [6.45, 7) is 1.12. The van der Waals surface area contributed by atoms with E-state index in [4.69, 9.17) is 0 Å². The van der Waals surface area contributed by atoms with Crippen molar-refractivity contribution in [2.24, 2.45) is 0 Å². The number of rotatable bonds is 3. The topological polar surface area (TPSA) is 42.3 Å². The number of nitrogens with zero attached hydrogens (tertiary/aromatic N) is 2. The summed E-state index contributed by atoms with van der Waals surface area (Å²) in [7, 11) is 3.83. The monoisotopic (exact) mass is 250 g/mol. The smallest absolute Gasteiger partial charge is 0.308 e. The number of hydrogen-bond donors (Lipinski definition) is 0. The van der Waals surface area contributed by atoms with Crippen molar-refractivity contribution in [3.8, 4) is 0 Å². The highest BCUT2D eigenvalue weighted by molar-refractivity contribution is 7.16. The molecule has 0 radical (unpaired) electrons. The van der Waals surface area contributed by atoms with Crippen LogP contribution in [0.5, 0.6) is 0 Å². The second-order valence-electron chi connectivity index (χ2n) is 4.12. The van der Waals surface area contributed by atoms with E-state index in [9.17, 15) is 9.59 Å². The van der Waals surface area contributed by atoms with Crippen LogP contribution < -0.4 is 10.4 Å². The van der Waals surface area contributed by atoms with E-state index in [1.54, 1.807) is 12.1 Å². The summed E-state index contributed by atoms with van der Waals surface area (Å²) in [4.78, 5) is 25.7. The lowest BCUT2D eigenvalue weighted by Crippen LogP contribution is -2.34. The summed E-state index contributed by atoms with van der Waals surface area (Å²) in [6.07, 6.45) is 0. The first kappa shape index (κ1) is 12.0. The van der Waals surface area contributed by atoms with Gasteiger partial charge in [-0.1, -0.05) is 23.5 Å². The van der Waals surface area contributed by atoms with E-state index in [1.807, 2.05) is 31.1 Å². The van der Waals surface area contributed by atoms with Gasteiger partial charge < -0.3 is 4.90 Å². The fourth-order valence-corrected chi connectivity index (χ4v) is 2.49. The average molecular weight is 250 g/mol. The summed E-state index contributed by atoms with van der Waals surface area (Å²) >= 11 is 1.12. The van der Waals surface area contributed by atoms with E-state index in [0.717, 1.165) is 16.0 Å². The maximum atomic E-state index is 12.1. The Bertz CT molecular complexity index is 643. The van der Waals surface area contributed by atoms with Gasteiger partial charge in [0.2, 0.25) is 0 Å². The van der Waals surface area contributed by atoms with Crippen LogP contribution in [0.3, 0.4) is 0 Å². The molecule has 0 amide bonds. The van der Waals surface area contributed by atoms with Crippen LogP contribution in [-0.4, -0.2) is 30.1 Å². The highest BCUT2D eigenvalue weighted by Gasteiger charge is 2.07. The van der Waals surface area contributed by atoms with E-state index < -0.39 is 0 Å². The molecule has 1 aromatic carbocycles. The number of hydrogen-bond acceptors (Lipinski definition) is 4. The Morgan fingerprint density at radius 2 is 1.94 bits per heavy atom. The molecule has 4 nitrogen and oxygen atoms in total. The molecule has 90 valence electrons. The molecule has 0 unspecified atom stereocenters. The molecular weight excluding hydrogens is 236 g/mol. The van der Waals surface area contributed by atoms with Gasteiger partial charge in [-0.05, 0) is 26.2 Å². The van der Waals surface area contributed by atoms with Gasteiger partial charge in [-0.15, -0.1) is 0 Å². The highest BCUT2D eigenvalue weighted by atomic mass is 32.1. The van der Waals surface area contributed by atoms with Gasteiger partial charge in [0.15, 0.2) is 0 Å². The van der Waals surface area contributed by atoms with Crippen LogP contribution in [0.15, 0.2) is 33.9 Å². The zero-order valence-electron chi connectivity index (χ0n) is 9.84. The quantitative estimate of drug-likeness (QED) is 0.815. The van der Waals surface area contributed by atoms with Gasteiger partial charge in [-0.25, -0.2) is 0 Å². The van der Waals surface area contributed by atoms with Gasteiger partial charge in [-0.2, -0.15) is 0 Å². The Balaban J connectivity index is 2.56. The molecule has 0 saturated carbocycles. The predicted octanol–water partition coefficient (Wildman–Crippen LogP) is 0.985. The minimum absolute atomic E-state index is 0.185. The molecule has 0 N–H and O–H groups in total. The van der Waals surface area contributed by atoms with Gasteiger partial charge in [0, 0.05) is 17.8 Å². The predicted molar refractivity (Wildman–Crippen MR) is 70.9 cm³/mol. The van der Waals surface area contributed by atoms with Crippen LogP contribution in [-0.2, 0) is 6.54 Å². The van der Waals surface area contributed by atoms with Crippen LogP contribution in [0.25, 0.3) is 10.1 Å². The van der Waals surface area contributed by atoms with E-state index in [1.165, 1.54) is 4.57 Å². The Kier molecular flexibility index (Phi) is 3.40. The molecule has 17 heavy (non-hydrogen) atoms. The molecule has 2 rings (SSSR count). The Hall–Kier alpha value is -1.46. The lowest BCUT2D eigenvalue weighted by atomic mass is 10.3. The molecule has 0 aliphatic rings. The molecular formula is C12H14N2O2S. The minimum Gasteiger partial charge on any atom is -0.308 e. The first-order valence-corrected chi connectivity index (χ1v) is 6.18. The van der Waals surface area contributed by atoms with Gasteiger partial charge in [0.05, 0.1) is 5.39 Å². The summed E-state index contributed by atoms with van der Waals surface area (Å²) in [5, 5.41) is 0.621. The second kappa shape index (κ2) is 4.81. The molecule has 0 fully saturated rings. The molecule has 0 bridgehead atoms. The maximum absolute atomic E-state index is 12.1. The SMILES string of the molecule is CN(C)CCn1c(=O)sc2ccccc2c1=O. The summed E-state index contributed by atoms with van der Waals surface area (Å²) < 4.78 is 2.07. The van der Waals surface area contributed by atoms with Crippen LogP contribution in [0.4, 0.5) is 0 Å². The third kappa shape index (κ3) is 2.45. The Labute approximate surface area is 103 Å². The lowest BCUT2D eigenvalue weighted by Gasteiger charge is -2.10. The largest absolute Gasteiger partial charge is 0.310 e. The molecule has 1 heterocycles. The van der Waals surface area contributed by atoms with Crippen molar-refractivity contribution in [3.63, 3.8) is 0 Å². The summed E-state index contributed by atoms with van der Waals surface area (Å²) in [5.74, 6) is 0. The van der Waals surface area contributed by atoms with Gasteiger partial charge in [-0.3, -0.25) is 14.2 Å². The Morgan fingerprint density at radius 1 is 1.24 bits per heavy atom. The van der Waals surface area contributed by atoms with Crippen LogP contribution in [0, 0.1) is 0 Å². The van der Waals surface area contributed by atoms with Gasteiger partial charge in [0.25, 0.3) is 5.56 Å². The van der Waals surface area contributed by atoms with E-state index >= 15 is 0 Å². The van der Waals surface area contributed by atoms with Crippen LogP contribution in [0.2, 0.25) is 0 Å². The third-order valence-corrected chi connectivity index (χ3v) is 3.52. The van der Waals surface area contributed by atoms with Crippen molar-refractivity contribution in [1.82, 2.24) is 9.47 Å². The zero-order valence-corrected chi connectivity index (χ0v) is 10.7. The van der Waals surface area contributed by atoms with Crippen molar-refractivity contribution in [2.75, 3.05) is 20.6 Å². The van der Waals surface area contributed by atoms with Gasteiger partial charge in [0.1, 0.15) is 0 Å². The van der Waals surface area contributed by atoms with E-state index in [2.05, 4.69) is 0 Å². The molecule has 0 aliphatic heterocycles. The average Bonchev–Trinajstić information content (AvgIpc) is 2.28. The van der Waals surface area contributed by atoms with Crippen molar-refractivity contribution in [2.45, 2.75) is 6.54 Å². The minimum atomic E-state index is -0.189. The van der Waals surface area contributed by atoms with Crippen LogP contribution >= 0.6 is 11.3 Å². The number of likely N-dealkylation sites (N-methyl/N-ethyl adjacent to an activating group) is 1. The summed E-state index contributed by atoms with van der Waals surface area (Å²) in [5.41, 5.74) is -0.189. The first-order valence-electron chi connectivity index (χ1n) is 5.37. The lowest BCUT2D eigenvalue weighted by molar-refractivity contribution is 0.380. The van der Waals surface area contributed by atoms with Crippen molar-refractivity contribution >= 4 is 21.4 Å². The van der Waals surface area contributed by atoms with E-state index in [-0.39, 0.29) is 10.4 Å². The number of aromatic nitrogens is 1. The molecule has 0 atom stereocenters. The Morgan fingerprint density at radius 3 is 2.65 bits per heavy atom. The van der Waals surface area contributed by atoms with Crippen molar-refractivity contribution < 1.29 is 0 Å². The van der Waals surface area contributed by atoms with E-state index in [0.29, 0.717) is 18.5 Å². The molecule has 0 aliphatic carbocycles. The van der Waals surface area contributed by atoms with Crippen LogP contribution in [0.1, 0.15) is 0 Å². The van der Waals surface area contributed by atoms with Crippen molar-refractivity contribution in [1.29, 1.82) is 0 Å². The molecule has 5 heteroatoms. The maximum Gasteiger partial charge on any atom is 0.310 e. The molecule has 1 aromatic heterocycles. The number of fused-ring (bicyclic) bond motifs is 1. The fraction of sp³-hybridized carbons (Fsp3) is 0.333. The second-order valence-corrected chi connectivity index (χ2v) is 5.12. The molecule has 0 saturated heterocycles. The molecule has 0 spiro atoms. The first-order chi connectivity index (χ1) is 8.09. The summed E-state index contributed by atoms with van der Waals surface area (Å²) in [6, 6.07) is 7.22. The highest BCUT2D eigenvalue weighted by Crippen LogP contribution is 2.10. The third-order valence-electron chi connectivity index (χ3n) is 2.55. The zero-order chi connectivity index (χ0) is 12.4. The van der Waals surface area contributed by atoms with Gasteiger partial charge >= 0.3 is 4.87 Å². The van der Waals surface area contributed by atoms with Crippen molar-refractivity contribution in [3.05, 3.63) is 44.3 Å². The number of benzene rings is 1. The molecule has 2 aromatic rings. The standard InChI is InChI=1S/C12H14N2O2S/c1-13(2)7-8-14-11(15)9-5-3-4-6-10(9)17-12(14)16/h3-6H,7-8H2,1-2H3. The normalized spacial score (nSPS) is 11.2. The fourth-order valence-electron chi connectivity index (χ4n) is 1.60.